The summed E-state index contributed by atoms with van der Waals surface area (Å²) in [5.74, 6) is -0.0610. The van der Waals surface area contributed by atoms with Gasteiger partial charge in [0.1, 0.15) is 5.60 Å². The van der Waals surface area contributed by atoms with Gasteiger partial charge in [0.2, 0.25) is 5.91 Å². The number of ether oxygens (including phenoxy) is 1. The van der Waals surface area contributed by atoms with Crippen molar-refractivity contribution in [3.05, 3.63) is 33.8 Å². The van der Waals surface area contributed by atoms with Crippen LogP contribution in [0.15, 0.2) is 18.2 Å². The lowest BCUT2D eigenvalue weighted by atomic mass is 10.0. The number of piperidine rings is 1. The quantitative estimate of drug-likeness (QED) is 0.851. The van der Waals surface area contributed by atoms with Crippen molar-refractivity contribution in [2.24, 2.45) is 0 Å². The third-order valence-electron chi connectivity index (χ3n) is 3.86. The van der Waals surface area contributed by atoms with Crippen LogP contribution in [0.25, 0.3) is 0 Å². The number of benzene rings is 1. The molecule has 0 spiro atoms. The van der Waals surface area contributed by atoms with E-state index in [-0.39, 0.29) is 24.5 Å². The van der Waals surface area contributed by atoms with E-state index in [0.29, 0.717) is 36.0 Å². The average Bonchev–Trinajstić information content (AvgIpc) is 2.50. The lowest BCUT2D eigenvalue weighted by Crippen LogP contribution is -2.48. The number of nitrogens with zero attached hydrogens (tertiary/aromatic N) is 1. The lowest BCUT2D eigenvalue weighted by molar-refractivity contribution is -0.121. The molecule has 7 heteroatoms. The zero-order valence-corrected chi connectivity index (χ0v) is 16.3. The summed E-state index contributed by atoms with van der Waals surface area (Å²) >= 11 is 11.8. The molecule has 0 saturated carbocycles. The van der Waals surface area contributed by atoms with E-state index in [1.54, 1.807) is 23.1 Å². The van der Waals surface area contributed by atoms with Gasteiger partial charge in [-0.15, -0.1) is 0 Å². The number of halogens is 2. The minimum absolute atomic E-state index is 0.0610. The summed E-state index contributed by atoms with van der Waals surface area (Å²) in [6, 6.07) is 5.24. The van der Waals surface area contributed by atoms with Gasteiger partial charge < -0.3 is 15.0 Å². The van der Waals surface area contributed by atoms with Crippen molar-refractivity contribution in [1.29, 1.82) is 0 Å². The van der Waals surface area contributed by atoms with Crippen molar-refractivity contribution in [2.75, 3.05) is 13.1 Å². The second kappa shape index (κ2) is 8.28. The highest BCUT2D eigenvalue weighted by molar-refractivity contribution is 6.42. The van der Waals surface area contributed by atoms with E-state index in [1.807, 2.05) is 20.8 Å². The smallest absolute Gasteiger partial charge is 0.410 e. The first-order valence-corrected chi connectivity index (χ1v) is 9.11. The highest BCUT2D eigenvalue weighted by atomic mass is 35.5. The first-order chi connectivity index (χ1) is 11.6. The summed E-state index contributed by atoms with van der Waals surface area (Å²) in [6.45, 7) is 6.70. The van der Waals surface area contributed by atoms with Gasteiger partial charge in [0.05, 0.1) is 16.5 Å². The Kier molecular flexibility index (Phi) is 6.58. The van der Waals surface area contributed by atoms with Gasteiger partial charge in [-0.25, -0.2) is 4.79 Å². The Morgan fingerprint density at radius 2 is 1.84 bits per heavy atom. The predicted molar refractivity (Wildman–Crippen MR) is 99.1 cm³/mol. The molecular weight excluding hydrogens is 363 g/mol. The Labute approximate surface area is 158 Å². The number of amides is 2. The highest BCUT2D eigenvalue weighted by Gasteiger charge is 2.27. The number of carbonyl (C=O) groups is 2. The minimum atomic E-state index is -0.498. The van der Waals surface area contributed by atoms with Crippen molar-refractivity contribution in [3.63, 3.8) is 0 Å². The average molecular weight is 387 g/mol. The van der Waals surface area contributed by atoms with Crippen LogP contribution in [0.5, 0.6) is 0 Å². The molecule has 0 atom stereocenters. The van der Waals surface area contributed by atoms with Gasteiger partial charge in [-0.2, -0.15) is 0 Å². The maximum absolute atomic E-state index is 12.2. The van der Waals surface area contributed by atoms with E-state index in [2.05, 4.69) is 5.32 Å². The lowest BCUT2D eigenvalue weighted by Gasteiger charge is -2.33. The Morgan fingerprint density at radius 1 is 1.20 bits per heavy atom. The summed E-state index contributed by atoms with van der Waals surface area (Å²) in [7, 11) is 0. The molecular formula is C18H24Cl2N2O3. The molecule has 1 aliphatic heterocycles. The van der Waals surface area contributed by atoms with Crippen molar-refractivity contribution in [3.8, 4) is 0 Å². The van der Waals surface area contributed by atoms with Crippen LogP contribution in [0.1, 0.15) is 39.2 Å². The molecule has 2 amide bonds. The predicted octanol–water partition coefficient (Wildman–Crippen LogP) is 4.05. The van der Waals surface area contributed by atoms with Crippen LogP contribution in [0.3, 0.4) is 0 Å². The van der Waals surface area contributed by atoms with Crippen LogP contribution in [0, 0.1) is 0 Å². The SMILES string of the molecule is CC(C)(C)OC(=O)N1CCC(NC(=O)Cc2ccc(Cl)c(Cl)c2)CC1. The molecule has 0 radical (unpaired) electrons. The van der Waals surface area contributed by atoms with Gasteiger partial charge in [-0.05, 0) is 51.3 Å². The molecule has 0 aromatic heterocycles. The fourth-order valence-electron chi connectivity index (χ4n) is 2.65. The molecule has 2 rings (SSSR count). The van der Waals surface area contributed by atoms with Gasteiger partial charge in [-0.3, -0.25) is 4.79 Å². The van der Waals surface area contributed by atoms with E-state index in [9.17, 15) is 9.59 Å². The number of likely N-dealkylation sites (tertiary alicyclic amines) is 1. The van der Waals surface area contributed by atoms with Crippen LogP contribution >= 0.6 is 23.2 Å². The van der Waals surface area contributed by atoms with Gasteiger partial charge in [-0.1, -0.05) is 29.3 Å². The van der Waals surface area contributed by atoms with Crippen molar-refractivity contribution in [2.45, 2.75) is 51.7 Å². The zero-order valence-electron chi connectivity index (χ0n) is 14.8. The van der Waals surface area contributed by atoms with Crippen LogP contribution in [-0.2, 0) is 16.0 Å². The maximum atomic E-state index is 12.2. The molecule has 1 saturated heterocycles. The van der Waals surface area contributed by atoms with Crippen molar-refractivity contribution < 1.29 is 14.3 Å². The number of hydrogen-bond acceptors (Lipinski definition) is 3. The summed E-state index contributed by atoms with van der Waals surface area (Å²) in [5.41, 5.74) is 0.320. The monoisotopic (exact) mass is 386 g/mol. The van der Waals surface area contributed by atoms with Crippen LogP contribution in [0.4, 0.5) is 4.79 Å². The third kappa shape index (κ3) is 6.40. The van der Waals surface area contributed by atoms with Crippen LogP contribution in [0.2, 0.25) is 10.0 Å². The Morgan fingerprint density at radius 3 is 2.40 bits per heavy atom. The maximum Gasteiger partial charge on any atom is 0.410 e. The van der Waals surface area contributed by atoms with Crippen LogP contribution in [-0.4, -0.2) is 41.6 Å². The summed E-state index contributed by atoms with van der Waals surface area (Å²) in [6.07, 6.45) is 1.38. The number of rotatable bonds is 3. The number of hydrogen-bond donors (Lipinski definition) is 1. The minimum Gasteiger partial charge on any atom is -0.444 e. The summed E-state index contributed by atoms with van der Waals surface area (Å²) in [4.78, 5) is 25.9. The molecule has 138 valence electrons. The van der Waals surface area contributed by atoms with Gasteiger partial charge in [0, 0.05) is 19.1 Å². The van der Waals surface area contributed by atoms with E-state index in [0.717, 1.165) is 5.56 Å². The molecule has 5 nitrogen and oxygen atoms in total. The molecule has 0 aliphatic carbocycles. The standard InChI is InChI=1S/C18H24Cl2N2O3/c1-18(2,3)25-17(24)22-8-6-13(7-9-22)21-16(23)11-12-4-5-14(19)15(20)10-12/h4-5,10,13H,6-9,11H2,1-3H3,(H,21,23). The molecule has 1 aromatic carbocycles. The molecule has 0 unspecified atom stereocenters. The third-order valence-corrected chi connectivity index (χ3v) is 4.60. The largest absolute Gasteiger partial charge is 0.444 e. The number of carbonyl (C=O) groups excluding carboxylic acids is 2. The Hall–Kier alpha value is -1.46. The second-order valence-corrected chi connectivity index (χ2v) is 8.05. The Bertz CT molecular complexity index is 636. The molecule has 0 bridgehead atoms. The van der Waals surface area contributed by atoms with Crippen LogP contribution < -0.4 is 5.32 Å². The van der Waals surface area contributed by atoms with E-state index >= 15 is 0 Å². The molecule has 1 fully saturated rings. The zero-order chi connectivity index (χ0) is 18.6. The summed E-state index contributed by atoms with van der Waals surface area (Å²) < 4.78 is 5.37. The molecule has 1 N–H and O–H groups in total. The van der Waals surface area contributed by atoms with Gasteiger partial charge >= 0.3 is 6.09 Å². The topological polar surface area (TPSA) is 58.6 Å². The first-order valence-electron chi connectivity index (χ1n) is 8.35. The summed E-state index contributed by atoms with van der Waals surface area (Å²) in [5, 5.41) is 3.93. The highest BCUT2D eigenvalue weighted by Crippen LogP contribution is 2.23. The molecule has 1 heterocycles. The number of nitrogens with one attached hydrogen (secondary N) is 1. The fourth-order valence-corrected chi connectivity index (χ4v) is 2.97. The van der Waals surface area contributed by atoms with Crippen molar-refractivity contribution in [1.82, 2.24) is 10.2 Å². The molecule has 25 heavy (non-hydrogen) atoms. The molecule has 1 aliphatic rings. The first kappa shape index (κ1) is 19.9. The van der Waals surface area contributed by atoms with E-state index in [1.165, 1.54) is 0 Å². The van der Waals surface area contributed by atoms with Gasteiger partial charge in [0.15, 0.2) is 0 Å². The van der Waals surface area contributed by atoms with E-state index in [4.69, 9.17) is 27.9 Å². The van der Waals surface area contributed by atoms with Gasteiger partial charge in [0.25, 0.3) is 0 Å². The van der Waals surface area contributed by atoms with Crippen molar-refractivity contribution >= 4 is 35.2 Å². The normalized spacial score (nSPS) is 15.8. The molecule has 1 aromatic rings. The second-order valence-electron chi connectivity index (χ2n) is 7.23. The Balaban J connectivity index is 1.78. The fraction of sp³-hybridized carbons (Fsp3) is 0.556. The van der Waals surface area contributed by atoms with E-state index < -0.39 is 5.60 Å².